The number of nitrogens with two attached hydrogens (primary N) is 1. The van der Waals surface area contributed by atoms with Gasteiger partial charge in [-0.25, -0.2) is 14.8 Å². The van der Waals surface area contributed by atoms with E-state index in [1.807, 2.05) is 38.1 Å². The fraction of sp³-hybridized carbons (Fsp3) is 0.261. The quantitative estimate of drug-likeness (QED) is 0.471. The Morgan fingerprint density at radius 2 is 1.77 bits per heavy atom. The van der Waals surface area contributed by atoms with Crippen molar-refractivity contribution < 1.29 is 19.0 Å². The molecule has 4 aromatic rings. The van der Waals surface area contributed by atoms with Crippen molar-refractivity contribution in [1.82, 2.24) is 14.5 Å². The van der Waals surface area contributed by atoms with E-state index < -0.39 is 5.97 Å². The van der Waals surface area contributed by atoms with Crippen LogP contribution in [-0.2, 0) is 4.74 Å². The molecule has 0 saturated carbocycles. The Labute approximate surface area is 179 Å². The molecule has 0 saturated heterocycles. The largest absolute Gasteiger partial charge is 0.497 e. The van der Waals surface area contributed by atoms with Crippen LogP contribution in [-0.4, -0.2) is 41.3 Å². The van der Waals surface area contributed by atoms with Crippen LogP contribution < -0.4 is 15.2 Å². The number of hydrogen-bond donors (Lipinski definition) is 1. The highest BCUT2D eigenvalue weighted by molar-refractivity contribution is 6.09. The summed E-state index contributed by atoms with van der Waals surface area (Å²) in [5, 5.41) is 0. The standard InChI is InChI=1S/C23H24N4O4/c1-13(2)12-31-23(28)19-20-22(26-16-8-6-5-7-15(16)25-20)27(21(19)24)17-11-14(29-3)9-10-18(17)30-4/h5-11,13H,12,24H2,1-4H3. The van der Waals surface area contributed by atoms with Crippen molar-refractivity contribution in [3.8, 4) is 17.2 Å². The molecular formula is C23H24N4O4. The molecule has 4 rings (SSSR count). The van der Waals surface area contributed by atoms with Crippen LogP contribution in [0.1, 0.15) is 24.2 Å². The lowest BCUT2D eigenvalue weighted by Gasteiger charge is -2.14. The molecule has 0 fully saturated rings. The Balaban J connectivity index is 2.05. The Hall–Kier alpha value is -3.81. The number of aromatic nitrogens is 3. The third kappa shape index (κ3) is 3.61. The maximum Gasteiger partial charge on any atom is 0.344 e. The molecule has 0 unspecified atom stereocenters. The number of methoxy groups -OCH3 is 2. The molecule has 0 spiro atoms. The van der Waals surface area contributed by atoms with Gasteiger partial charge in [0.25, 0.3) is 0 Å². The molecule has 0 radical (unpaired) electrons. The average molecular weight is 420 g/mol. The molecule has 0 bridgehead atoms. The van der Waals surface area contributed by atoms with Crippen LogP contribution >= 0.6 is 0 Å². The molecule has 0 atom stereocenters. The number of benzene rings is 2. The van der Waals surface area contributed by atoms with E-state index >= 15 is 0 Å². The highest BCUT2D eigenvalue weighted by Crippen LogP contribution is 2.36. The van der Waals surface area contributed by atoms with E-state index in [9.17, 15) is 4.79 Å². The molecule has 0 aliphatic heterocycles. The Morgan fingerprint density at radius 3 is 2.42 bits per heavy atom. The normalized spacial score (nSPS) is 11.3. The first-order valence-electron chi connectivity index (χ1n) is 9.90. The highest BCUT2D eigenvalue weighted by atomic mass is 16.5. The third-order valence-corrected chi connectivity index (χ3v) is 4.88. The molecule has 2 aromatic carbocycles. The minimum absolute atomic E-state index is 0.172. The summed E-state index contributed by atoms with van der Waals surface area (Å²) in [6, 6.07) is 12.8. The molecule has 160 valence electrons. The Kier molecular flexibility index (Phi) is 5.37. The van der Waals surface area contributed by atoms with Crippen molar-refractivity contribution in [1.29, 1.82) is 0 Å². The first-order chi connectivity index (χ1) is 14.9. The van der Waals surface area contributed by atoms with E-state index in [1.165, 1.54) is 0 Å². The molecule has 8 heteroatoms. The zero-order chi connectivity index (χ0) is 22.1. The van der Waals surface area contributed by atoms with Gasteiger partial charge in [0.1, 0.15) is 28.4 Å². The van der Waals surface area contributed by atoms with E-state index in [1.54, 1.807) is 37.0 Å². The van der Waals surface area contributed by atoms with Crippen molar-refractivity contribution >= 4 is 34.0 Å². The molecule has 2 aromatic heterocycles. The minimum atomic E-state index is -0.540. The predicted molar refractivity (Wildman–Crippen MR) is 119 cm³/mol. The average Bonchev–Trinajstić information content (AvgIpc) is 3.05. The smallest absolute Gasteiger partial charge is 0.344 e. The molecule has 0 amide bonds. The topological polar surface area (TPSA) is 101 Å². The van der Waals surface area contributed by atoms with Gasteiger partial charge in [-0.1, -0.05) is 26.0 Å². The number of ether oxygens (including phenoxy) is 3. The predicted octanol–water partition coefficient (Wildman–Crippen LogP) is 3.99. The van der Waals surface area contributed by atoms with Crippen LogP contribution in [0, 0.1) is 5.92 Å². The molecule has 2 heterocycles. The number of nitrogen functional groups attached to an aromatic ring is 1. The van der Waals surface area contributed by atoms with Crippen molar-refractivity contribution in [3.63, 3.8) is 0 Å². The van der Waals surface area contributed by atoms with E-state index in [-0.39, 0.29) is 23.9 Å². The van der Waals surface area contributed by atoms with Gasteiger partial charge in [-0.05, 0) is 30.2 Å². The van der Waals surface area contributed by atoms with Gasteiger partial charge in [-0.3, -0.25) is 4.57 Å². The number of esters is 1. The summed E-state index contributed by atoms with van der Waals surface area (Å²) in [6.45, 7) is 4.21. The number of rotatable bonds is 6. The fourth-order valence-electron chi connectivity index (χ4n) is 3.39. The van der Waals surface area contributed by atoms with E-state index in [4.69, 9.17) is 29.9 Å². The van der Waals surface area contributed by atoms with Crippen LogP contribution in [0.15, 0.2) is 42.5 Å². The number of anilines is 1. The maximum absolute atomic E-state index is 13.0. The SMILES string of the molecule is COc1ccc(OC)c(-n2c(N)c(C(=O)OCC(C)C)c3nc4ccccc4nc32)c1. The van der Waals surface area contributed by atoms with Gasteiger partial charge in [0, 0.05) is 6.07 Å². The maximum atomic E-state index is 13.0. The van der Waals surface area contributed by atoms with Gasteiger partial charge in [0.2, 0.25) is 0 Å². The number of fused-ring (bicyclic) bond motifs is 2. The van der Waals surface area contributed by atoms with Crippen LogP contribution in [0.2, 0.25) is 0 Å². The monoisotopic (exact) mass is 420 g/mol. The van der Waals surface area contributed by atoms with E-state index in [2.05, 4.69) is 0 Å². The fourth-order valence-corrected chi connectivity index (χ4v) is 3.39. The summed E-state index contributed by atoms with van der Waals surface area (Å²) in [7, 11) is 3.14. The summed E-state index contributed by atoms with van der Waals surface area (Å²) in [5.74, 6) is 0.965. The molecule has 2 N–H and O–H groups in total. The summed E-state index contributed by atoms with van der Waals surface area (Å²) >= 11 is 0. The van der Waals surface area contributed by atoms with E-state index in [0.29, 0.717) is 39.4 Å². The lowest BCUT2D eigenvalue weighted by molar-refractivity contribution is 0.0462. The van der Waals surface area contributed by atoms with Gasteiger partial charge in [-0.2, -0.15) is 0 Å². The number of para-hydroxylation sites is 2. The zero-order valence-electron chi connectivity index (χ0n) is 17.9. The summed E-state index contributed by atoms with van der Waals surface area (Å²) < 4.78 is 18.1. The van der Waals surface area contributed by atoms with Crippen LogP contribution in [0.25, 0.3) is 27.9 Å². The second kappa shape index (κ2) is 8.14. The molecule has 31 heavy (non-hydrogen) atoms. The minimum Gasteiger partial charge on any atom is -0.497 e. The van der Waals surface area contributed by atoms with Crippen molar-refractivity contribution in [2.24, 2.45) is 5.92 Å². The second-order valence-electron chi connectivity index (χ2n) is 7.51. The van der Waals surface area contributed by atoms with Gasteiger partial charge in [0.15, 0.2) is 5.65 Å². The van der Waals surface area contributed by atoms with Crippen LogP contribution in [0.5, 0.6) is 11.5 Å². The molecule has 8 nitrogen and oxygen atoms in total. The van der Waals surface area contributed by atoms with Gasteiger partial charge in [-0.15, -0.1) is 0 Å². The van der Waals surface area contributed by atoms with Crippen molar-refractivity contribution in [3.05, 3.63) is 48.0 Å². The summed E-state index contributed by atoms with van der Waals surface area (Å²) in [5.41, 5.74) is 9.41. The summed E-state index contributed by atoms with van der Waals surface area (Å²) in [6.07, 6.45) is 0. The van der Waals surface area contributed by atoms with Crippen molar-refractivity contribution in [2.75, 3.05) is 26.6 Å². The summed E-state index contributed by atoms with van der Waals surface area (Å²) in [4.78, 5) is 22.5. The van der Waals surface area contributed by atoms with Gasteiger partial charge < -0.3 is 19.9 Å². The number of nitrogens with zero attached hydrogens (tertiary/aromatic N) is 3. The van der Waals surface area contributed by atoms with Crippen molar-refractivity contribution in [2.45, 2.75) is 13.8 Å². The number of hydrogen-bond acceptors (Lipinski definition) is 7. The third-order valence-electron chi connectivity index (χ3n) is 4.88. The van der Waals surface area contributed by atoms with Crippen LogP contribution in [0.4, 0.5) is 5.82 Å². The zero-order valence-corrected chi connectivity index (χ0v) is 17.9. The Bertz CT molecular complexity index is 1280. The first kappa shape index (κ1) is 20.5. The van der Waals surface area contributed by atoms with Gasteiger partial charge in [0.05, 0.1) is 37.5 Å². The number of carbonyl (C=O) groups is 1. The second-order valence-corrected chi connectivity index (χ2v) is 7.51. The lowest BCUT2D eigenvalue weighted by Crippen LogP contribution is -2.12. The van der Waals surface area contributed by atoms with Gasteiger partial charge >= 0.3 is 5.97 Å². The molecule has 0 aliphatic carbocycles. The molecule has 0 aliphatic rings. The molecular weight excluding hydrogens is 396 g/mol. The van der Waals surface area contributed by atoms with Crippen LogP contribution in [0.3, 0.4) is 0 Å². The lowest BCUT2D eigenvalue weighted by atomic mass is 10.2. The Morgan fingerprint density at radius 1 is 1.06 bits per heavy atom. The van der Waals surface area contributed by atoms with E-state index in [0.717, 1.165) is 0 Å². The number of carbonyl (C=O) groups excluding carboxylic acids is 1. The highest BCUT2D eigenvalue weighted by Gasteiger charge is 2.27. The first-order valence-corrected chi connectivity index (χ1v) is 9.90.